The van der Waals surface area contributed by atoms with Gasteiger partial charge in [-0.1, -0.05) is 25.1 Å². The average molecular weight is 271 g/mol. The third-order valence-electron chi connectivity index (χ3n) is 3.15. The van der Waals surface area contributed by atoms with Crippen molar-refractivity contribution < 1.29 is 15.0 Å². The number of phenolic OH excluding ortho intramolecular Hbond substituents is 2. The van der Waals surface area contributed by atoms with E-state index in [1.165, 1.54) is 18.2 Å². The highest BCUT2D eigenvalue weighted by Gasteiger charge is 2.13. The van der Waals surface area contributed by atoms with Crippen LogP contribution >= 0.6 is 0 Å². The second-order valence-electron chi connectivity index (χ2n) is 4.72. The molecule has 0 aliphatic heterocycles. The molecule has 0 heterocycles. The molecule has 2 rings (SSSR count). The molecular formula is C16H17NO3. The van der Waals surface area contributed by atoms with Gasteiger partial charge in [0.05, 0.1) is 0 Å². The van der Waals surface area contributed by atoms with Crippen LogP contribution < -0.4 is 5.32 Å². The Labute approximate surface area is 117 Å². The number of hydrogen-bond acceptors (Lipinski definition) is 3. The van der Waals surface area contributed by atoms with Crippen molar-refractivity contribution in [1.82, 2.24) is 5.32 Å². The molecule has 0 spiro atoms. The van der Waals surface area contributed by atoms with Crippen LogP contribution in [-0.4, -0.2) is 22.7 Å². The van der Waals surface area contributed by atoms with Crippen molar-refractivity contribution in [3.63, 3.8) is 0 Å². The smallest absolute Gasteiger partial charge is 0.251 e. The normalized spacial score (nSPS) is 11.8. The van der Waals surface area contributed by atoms with Crippen molar-refractivity contribution in [1.29, 1.82) is 0 Å². The third kappa shape index (κ3) is 3.29. The van der Waals surface area contributed by atoms with E-state index in [0.29, 0.717) is 17.7 Å². The molecule has 0 fully saturated rings. The van der Waals surface area contributed by atoms with Gasteiger partial charge in [-0.2, -0.15) is 0 Å². The van der Waals surface area contributed by atoms with E-state index in [2.05, 4.69) is 5.32 Å². The van der Waals surface area contributed by atoms with Crippen LogP contribution in [0.1, 0.15) is 28.8 Å². The molecule has 0 radical (unpaired) electrons. The molecule has 104 valence electrons. The molecule has 2 aromatic carbocycles. The molecule has 0 saturated heterocycles. The van der Waals surface area contributed by atoms with Crippen molar-refractivity contribution in [2.75, 3.05) is 6.54 Å². The lowest BCUT2D eigenvalue weighted by atomic mass is 9.99. The number of carbonyl (C=O) groups excluding carboxylic acids is 1. The zero-order valence-corrected chi connectivity index (χ0v) is 11.2. The number of rotatable bonds is 4. The minimum Gasteiger partial charge on any atom is -0.508 e. The summed E-state index contributed by atoms with van der Waals surface area (Å²) in [5.41, 5.74) is 1.21. The van der Waals surface area contributed by atoms with E-state index in [4.69, 9.17) is 0 Å². The van der Waals surface area contributed by atoms with Gasteiger partial charge >= 0.3 is 0 Å². The summed E-state index contributed by atoms with van der Waals surface area (Å²) in [7, 11) is 0. The first-order chi connectivity index (χ1) is 9.58. The maximum absolute atomic E-state index is 11.9. The molecule has 0 saturated carbocycles. The lowest BCUT2D eigenvalue weighted by Crippen LogP contribution is -2.27. The summed E-state index contributed by atoms with van der Waals surface area (Å²) in [6, 6.07) is 13.3. The third-order valence-corrected chi connectivity index (χ3v) is 3.15. The van der Waals surface area contributed by atoms with Crippen molar-refractivity contribution in [3.8, 4) is 11.5 Å². The number of benzene rings is 2. The van der Waals surface area contributed by atoms with Crippen LogP contribution in [0.15, 0.2) is 48.5 Å². The fraction of sp³-hybridized carbons (Fsp3) is 0.188. The van der Waals surface area contributed by atoms with Crippen molar-refractivity contribution in [2.45, 2.75) is 12.8 Å². The van der Waals surface area contributed by atoms with Gasteiger partial charge < -0.3 is 15.5 Å². The number of aromatic hydroxyl groups is 2. The second kappa shape index (κ2) is 6.10. The number of amides is 1. The van der Waals surface area contributed by atoms with Crippen LogP contribution in [0.5, 0.6) is 11.5 Å². The van der Waals surface area contributed by atoms with Crippen molar-refractivity contribution in [2.24, 2.45) is 0 Å². The SMILES string of the molecule is CC(CNC(=O)c1ccccc1)c1cc(O)ccc1O. The minimum atomic E-state index is -0.155. The van der Waals surface area contributed by atoms with Gasteiger partial charge in [0.15, 0.2) is 0 Å². The Balaban J connectivity index is 2.00. The highest BCUT2D eigenvalue weighted by molar-refractivity contribution is 5.94. The maximum Gasteiger partial charge on any atom is 0.251 e. The monoisotopic (exact) mass is 271 g/mol. The first-order valence-electron chi connectivity index (χ1n) is 6.43. The predicted octanol–water partition coefficient (Wildman–Crippen LogP) is 2.63. The first kappa shape index (κ1) is 13.9. The van der Waals surface area contributed by atoms with Crippen LogP contribution in [0.3, 0.4) is 0 Å². The number of hydrogen-bond donors (Lipinski definition) is 3. The molecule has 0 aromatic heterocycles. The van der Waals surface area contributed by atoms with Gasteiger partial charge in [0, 0.05) is 23.6 Å². The molecule has 0 aliphatic carbocycles. The van der Waals surface area contributed by atoms with Gasteiger partial charge in [-0.05, 0) is 30.3 Å². The molecule has 20 heavy (non-hydrogen) atoms. The highest BCUT2D eigenvalue weighted by Crippen LogP contribution is 2.28. The molecule has 1 amide bonds. The zero-order valence-electron chi connectivity index (χ0n) is 11.2. The van der Waals surface area contributed by atoms with E-state index in [9.17, 15) is 15.0 Å². The molecule has 0 bridgehead atoms. The van der Waals surface area contributed by atoms with E-state index < -0.39 is 0 Å². The fourth-order valence-corrected chi connectivity index (χ4v) is 1.98. The summed E-state index contributed by atoms with van der Waals surface area (Å²) in [5, 5.41) is 22.0. The van der Waals surface area contributed by atoms with Crippen molar-refractivity contribution >= 4 is 5.91 Å². The first-order valence-corrected chi connectivity index (χ1v) is 6.43. The van der Waals surface area contributed by atoms with Crippen LogP contribution in [0.2, 0.25) is 0 Å². The van der Waals surface area contributed by atoms with E-state index in [-0.39, 0.29) is 23.3 Å². The van der Waals surface area contributed by atoms with Crippen LogP contribution in [0.25, 0.3) is 0 Å². The molecule has 4 nitrogen and oxygen atoms in total. The molecule has 4 heteroatoms. The minimum absolute atomic E-state index is 0.0963. The average Bonchev–Trinajstić information content (AvgIpc) is 2.47. The van der Waals surface area contributed by atoms with E-state index in [1.54, 1.807) is 24.3 Å². The second-order valence-corrected chi connectivity index (χ2v) is 4.72. The Bertz CT molecular complexity index is 596. The van der Waals surface area contributed by atoms with Gasteiger partial charge in [-0.15, -0.1) is 0 Å². The summed E-state index contributed by atoms with van der Waals surface area (Å²) in [4.78, 5) is 11.9. The molecule has 1 unspecified atom stereocenters. The van der Waals surface area contributed by atoms with Crippen LogP contribution in [0, 0.1) is 0 Å². The molecule has 3 N–H and O–H groups in total. The quantitative estimate of drug-likeness (QED) is 0.749. The maximum atomic E-state index is 11.9. The number of nitrogens with one attached hydrogen (secondary N) is 1. The van der Waals surface area contributed by atoms with Gasteiger partial charge in [-0.25, -0.2) is 0 Å². The Hall–Kier alpha value is -2.49. The van der Waals surface area contributed by atoms with Crippen LogP contribution in [-0.2, 0) is 0 Å². The van der Waals surface area contributed by atoms with E-state index in [0.717, 1.165) is 0 Å². The number of carbonyl (C=O) groups is 1. The summed E-state index contributed by atoms with van der Waals surface area (Å²) < 4.78 is 0. The number of phenols is 2. The largest absolute Gasteiger partial charge is 0.508 e. The summed E-state index contributed by atoms with van der Waals surface area (Å²) in [6.45, 7) is 2.25. The lowest BCUT2D eigenvalue weighted by molar-refractivity contribution is 0.0951. The van der Waals surface area contributed by atoms with Crippen LogP contribution in [0.4, 0.5) is 0 Å². The highest BCUT2D eigenvalue weighted by atomic mass is 16.3. The summed E-state index contributed by atoms with van der Waals surface area (Å²) in [6.07, 6.45) is 0. The Morgan fingerprint density at radius 1 is 1.15 bits per heavy atom. The lowest BCUT2D eigenvalue weighted by Gasteiger charge is -2.15. The predicted molar refractivity (Wildman–Crippen MR) is 77.0 cm³/mol. The Morgan fingerprint density at radius 3 is 2.55 bits per heavy atom. The van der Waals surface area contributed by atoms with Gasteiger partial charge in [0.25, 0.3) is 5.91 Å². The molecule has 0 aliphatic rings. The summed E-state index contributed by atoms with van der Waals surface area (Å²) in [5.74, 6) is -0.0462. The topological polar surface area (TPSA) is 69.6 Å². The van der Waals surface area contributed by atoms with Gasteiger partial charge in [0.1, 0.15) is 11.5 Å². The molecule has 1 atom stereocenters. The van der Waals surface area contributed by atoms with E-state index >= 15 is 0 Å². The van der Waals surface area contributed by atoms with Crippen molar-refractivity contribution in [3.05, 3.63) is 59.7 Å². The van der Waals surface area contributed by atoms with Gasteiger partial charge in [-0.3, -0.25) is 4.79 Å². The fourth-order valence-electron chi connectivity index (χ4n) is 1.98. The van der Waals surface area contributed by atoms with Gasteiger partial charge in [0.2, 0.25) is 0 Å². The Morgan fingerprint density at radius 2 is 1.85 bits per heavy atom. The molecule has 2 aromatic rings. The standard InChI is InChI=1S/C16H17NO3/c1-11(14-9-13(18)7-8-15(14)19)10-17-16(20)12-5-3-2-4-6-12/h2-9,11,18-19H,10H2,1H3,(H,17,20). The zero-order chi connectivity index (χ0) is 14.5. The van der Waals surface area contributed by atoms with E-state index in [1.807, 2.05) is 13.0 Å². The Kier molecular flexibility index (Phi) is 4.25. The summed E-state index contributed by atoms with van der Waals surface area (Å²) >= 11 is 0. The molecular weight excluding hydrogens is 254 g/mol.